The summed E-state index contributed by atoms with van der Waals surface area (Å²) in [4.78, 5) is 9.60. The van der Waals surface area contributed by atoms with Gasteiger partial charge in [0.1, 0.15) is 0 Å². The molecule has 0 saturated heterocycles. The second kappa shape index (κ2) is 7.64. The monoisotopic (exact) mass is 240 g/mol. The SMILES string of the molecule is C=C(C)C(=O)O.CCSC(C)(S)S. The first kappa shape index (κ1) is 15.7. The molecule has 1 N–H and O–H groups in total. The third kappa shape index (κ3) is 18.9. The molecule has 0 bridgehead atoms. The summed E-state index contributed by atoms with van der Waals surface area (Å²) in [6.07, 6.45) is 0. The summed E-state index contributed by atoms with van der Waals surface area (Å²) in [5.74, 6) is 0.138. The lowest BCUT2D eigenvalue weighted by Crippen LogP contribution is -1.98. The molecule has 0 unspecified atom stereocenters. The van der Waals surface area contributed by atoms with Crippen LogP contribution in [0.1, 0.15) is 20.8 Å². The molecule has 13 heavy (non-hydrogen) atoms. The number of carboxylic acids is 1. The van der Waals surface area contributed by atoms with Gasteiger partial charge in [-0.25, -0.2) is 4.79 Å². The molecule has 0 aliphatic rings. The van der Waals surface area contributed by atoms with Crippen molar-refractivity contribution in [3.05, 3.63) is 12.2 Å². The lowest BCUT2D eigenvalue weighted by atomic mass is 10.4. The molecule has 0 saturated carbocycles. The first-order valence-electron chi connectivity index (χ1n) is 3.68. The summed E-state index contributed by atoms with van der Waals surface area (Å²) < 4.78 is -0.144. The number of hydrogen-bond acceptors (Lipinski definition) is 4. The van der Waals surface area contributed by atoms with Crippen molar-refractivity contribution >= 4 is 43.0 Å². The van der Waals surface area contributed by atoms with Gasteiger partial charge in [0.25, 0.3) is 0 Å². The zero-order chi connectivity index (χ0) is 11.1. The summed E-state index contributed by atoms with van der Waals surface area (Å²) in [6, 6.07) is 0. The van der Waals surface area contributed by atoms with Crippen LogP contribution in [0.3, 0.4) is 0 Å². The molecular formula is C8H16O2S3. The fraction of sp³-hybridized carbons (Fsp3) is 0.625. The van der Waals surface area contributed by atoms with Gasteiger partial charge in [0, 0.05) is 5.57 Å². The summed E-state index contributed by atoms with van der Waals surface area (Å²) >= 11 is 10.0. The van der Waals surface area contributed by atoms with Crippen molar-refractivity contribution in [1.82, 2.24) is 0 Å². The van der Waals surface area contributed by atoms with Crippen LogP contribution < -0.4 is 0 Å². The Bertz CT molecular complexity index is 161. The van der Waals surface area contributed by atoms with Crippen molar-refractivity contribution in [2.24, 2.45) is 0 Å². The minimum Gasteiger partial charge on any atom is -0.478 e. The molecule has 0 amide bonds. The quantitative estimate of drug-likeness (QED) is 0.403. The van der Waals surface area contributed by atoms with Crippen molar-refractivity contribution in [1.29, 1.82) is 0 Å². The number of carbonyl (C=O) groups is 1. The van der Waals surface area contributed by atoms with E-state index in [1.54, 1.807) is 11.8 Å². The van der Waals surface area contributed by atoms with Crippen molar-refractivity contribution in [2.75, 3.05) is 5.75 Å². The highest BCUT2D eigenvalue weighted by atomic mass is 32.2. The third-order valence-electron chi connectivity index (χ3n) is 0.783. The minimum absolute atomic E-state index is 0.144. The lowest BCUT2D eigenvalue weighted by Gasteiger charge is -2.12. The fourth-order valence-electron chi connectivity index (χ4n) is 0.273. The Morgan fingerprint density at radius 3 is 1.92 bits per heavy atom. The molecule has 5 heteroatoms. The maximum Gasteiger partial charge on any atom is 0.330 e. The van der Waals surface area contributed by atoms with Crippen LogP contribution in [0.4, 0.5) is 0 Å². The van der Waals surface area contributed by atoms with Gasteiger partial charge >= 0.3 is 5.97 Å². The molecule has 0 atom stereocenters. The number of thiol groups is 2. The Morgan fingerprint density at radius 1 is 1.62 bits per heavy atom. The van der Waals surface area contributed by atoms with Crippen LogP contribution in [-0.2, 0) is 4.79 Å². The molecule has 78 valence electrons. The molecule has 0 aliphatic heterocycles. The van der Waals surface area contributed by atoms with E-state index in [9.17, 15) is 4.79 Å². The number of hydrogen-bond donors (Lipinski definition) is 3. The van der Waals surface area contributed by atoms with Crippen molar-refractivity contribution in [3.8, 4) is 0 Å². The van der Waals surface area contributed by atoms with Crippen molar-refractivity contribution < 1.29 is 9.90 Å². The van der Waals surface area contributed by atoms with Crippen LogP contribution in [0.25, 0.3) is 0 Å². The van der Waals surface area contributed by atoms with Gasteiger partial charge in [0.15, 0.2) is 0 Å². The Morgan fingerprint density at radius 2 is 1.92 bits per heavy atom. The van der Waals surface area contributed by atoms with Crippen LogP contribution in [0, 0.1) is 0 Å². The Labute approximate surface area is 95.0 Å². The van der Waals surface area contributed by atoms with Gasteiger partial charge in [-0.3, -0.25) is 0 Å². The number of aliphatic carboxylic acids is 1. The minimum atomic E-state index is -0.935. The van der Waals surface area contributed by atoms with Crippen LogP contribution in [-0.4, -0.2) is 20.2 Å². The molecule has 0 spiro atoms. The van der Waals surface area contributed by atoms with Crippen LogP contribution >= 0.6 is 37.0 Å². The largest absolute Gasteiger partial charge is 0.478 e. The van der Waals surface area contributed by atoms with E-state index in [4.69, 9.17) is 5.11 Å². The zero-order valence-electron chi connectivity index (χ0n) is 8.07. The van der Waals surface area contributed by atoms with Crippen molar-refractivity contribution in [2.45, 2.75) is 24.2 Å². The third-order valence-corrected chi connectivity index (χ3v) is 2.39. The van der Waals surface area contributed by atoms with Crippen LogP contribution in [0.5, 0.6) is 0 Å². The molecule has 0 rings (SSSR count). The Hall–Kier alpha value is 0.260. The molecule has 0 aromatic carbocycles. The number of carboxylic acid groups (broad SMARTS) is 1. The predicted molar refractivity (Wildman–Crippen MR) is 67.0 cm³/mol. The fourth-order valence-corrected chi connectivity index (χ4v) is 1.59. The normalized spacial score (nSPS) is 9.92. The maximum absolute atomic E-state index is 9.60. The van der Waals surface area contributed by atoms with Gasteiger partial charge < -0.3 is 5.11 Å². The highest BCUT2D eigenvalue weighted by Gasteiger charge is 2.09. The van der Waals surface area contributed by atoms with E-state index < -0.39 is 5.97 Å². The van der Waals surface area contributed by atoms with Gasteiger partial charge in [-0.2, -0.15) is 25.3 Å². The van der Waals surface area contributed by atoms with E-state index >= 15 is 0 Å². The summed E-state index contributed by atoms with van der Waals surface area (Å²) in [6.45, 7) is 8.66. The molecule has 0 aromatic rings. The second-order valence-electron chi connectivity index (χ2n) is 2.45. The first-order valence-corrected chi connectivity index (χ1v) is 5.56. The van der Waals surface area contributed by atoms with E-state index in [-0.39, 0.29) is 8.98 Å². The molecule has 0 aromatic heterocycles. The zero-order valence-corrected chi connectivity index (χ0v) is 10.7. The smallest absolute Gasteiger partial charge is 0.330 e. The molecule has 0 aliphatic carbocycles. The average molecular weight is 240 g/mol. The molecular weight excluding hydrogens is 224 g/mol. The molecule has 0 fully saturated rings. The molecule has 0 heterocycles. The molecule has 2 nitrogen and oxygen atoms in total. The summed E-state index contributed by atoms with van der Waals surface area (Å²) in [5.41, 5.74) is 0.176. The number of thioether (sulfide) groups is 1. The summed E-state index contributed by atoms with van der Waals surface area (Å²) in [7, 11) is 0. The topological polar surface area (TPSA) is 37.3 Å². The average Bonchev–Trinajstić information content (AvgIpc) is 1.85. The van der Waals surface area contributed by atoms with Crippen molar-refractivity contribution in [3.63, 3.8) is 0 Å². The second-order valence-corrected chi connectivity index (χ2v) is 6.88. The van der Waals surface area contributed by atoms with E-state index in [1.165, 1.54) is 6.92 Å². The van der Waals surface area contributed by atoms with Gasteiger partial charge in [-0.15, -0.1) is 11.8 Å². The highest BCUT2D eigenvalue weighted by molar-refractivity contribution is 8.23. The number of rotatable bonds is 3. The van der Waals surface area contributed by atoms with Gasteiger partial charge in [-0.1, -0.05) is 13.5 Å². The van der Waals surface area contributed by atoms with E-state index in [1.807, 2.05) is 6.92 Å². The van der Waals surface area contributed by atoms with Gasteiger partial charge in [0.2, 0.25) is 0 Å². The summed E-state index contributed by atoms with van der Waals surface area (Å²) in [5, 5.41) is 7.89. The van der Waals surface area contributed by atoms with E-state index in [2.05, 4.69) is 38.8 Å². The maximum atomic E-state index is 9.60. The molecule has 0 radical (unpaired) electrons. The Kier molecular flexibility index (Phi) is 9.24. The Balaban J connectivity index is 0. The highest BCUT2D eigenvalue weighted by Crippen LogP contribution is 2.31. The van der Waals surface area contributed by atoms with E-state index in [0.29, 0.717) is 0 Å². The van der Waals surface area contributed by atoms with Crippen LogP contribution in [0.15, 0.2) is 12.2 Å². The van der Waals surface area contributed by atoms with Crippen LogP contribution in [0.2, 0.25) is 0 Å². The van der Waals surface area contributed by atoms with E-state index in [0.717, 1.165) is 5.75 Å². The van der Waals surface area contributed by atoms with Gasteiger partial charge in [0.05, 0.1) is 3.41 Å². The first-order chi connectivity index (χ1) is 5.70. The lowest BCUT2D eigenvalue weighted by molar-refractivity contribution is -0.132. The predicted octanol–water partition coefficient (Wildman–Crippen LogP) is 2.92. The standard InChI is InChI=1S/C4H6O2.C4H10S3/c1-3(2)4(5)6;1-3-7-4(2,5)6/h1H2,2H3,(H,5,6);5-6H,3H2,1-2H3. The van der Waals surface area contributed by atoms with Gasteiger partial charge in [-0.05, 0) is 19.6 Å².